The first-order valence-corrected chi connectivity index (χ1v) is 26.2. The summed E-state index contributed by atoms with van der Waals surface area (Å²) in [6.07, 6.45) is 9.20. The highest BCUT2D eigenvalue weighted by molar-refractivity contribution is 7.90. The number of aromatic amines is 1. The summed E-state index contributed by atoms with van der Waals surface area (Å²) >= 11 is 13.0. The molecule has 5 aromatic carbocycles. The van der Waals surface area contributed by atoms with E-state index < -0.39 is 21.7 Å². The molecule has 4 aromatic heterocycles. The average molecular weight is 1090 g/mol. The molecule has 2 aliphatic heterocycles. The summed E-state index contributed by atoms with van der Waals surface area (Å²) in [5.74, 6) is -0.819. The normalized spacial score (nSPS) is 14.2. The minimum Gasteiger partial charge on any atom is -0.396 e. The minimum atomic E-state index is -3.88. The number of carbonyl (C=O) groups excluding carboxylic acids is 2. The highest BCUT2D eigenvalue weighted by Crippen LogP contribution is 2.37. The van der Waals surface area contributed by atoms with E-state index in [0.717, 1.165) is 35.4 Å². The van der Waals surface area contributed by atoms with Crippen LogP contribution in [0.3, 0.4) is 0 Å². The standard InChI is InChI=1S/C30H26ClFN6O3S.C24H22ClFN6O.CH4/c31-24-17-34-30(35-20-12-14-37(15-13-20)29(39)19-10-11-26(33)25(32)16-19)36-28(24)23-18-38(27-9-5-4-8-22(23)27)42(40,41)21-6-2-1-3-7-21;25-18-13-29-24(31-22(18)17-12-28-21-4-2-1-3-16(17)21)30-15-7-9-32(10-8-15)23(33)14-5-6-20(27)19(26)11-14;/h1-11,16-18,20H,12-15,33H2,(H,34,35,36);1-6,11-13,15,28H,7-10,27H2,(H,29,30,31);1H4. The van der Waals surface area contributed by atoms with Crippen LogP contribution in [-0.2, 0) is 10.0 Å². The van der Waals surface area contributed by atoms with Gasteiger partial charge in [-0.05, 0) is 86.3 Å². The predicted octanol–water partition coefficient (Wildman–Crippen LogP) is 10.8. The third-order valence-electron chi connectivity index (χ3n) is 13.3. The maximum atomic E-state index is 13.9. The second-order valence-electron chi connectivity index (χ2n) is 18.1. The molecule has 76 heavy (non-hydrogen) atoms. The number of likely N-dealkylation sites (tertiary alicyclic amines) is 2. The first-order valence-electron chi connectivity index (χ1n) is 24.0. The van der Waals surface area contributed by atoms with E-state index in [0.29, 0.717) is 89.4 Å². The van der Waals surface area contributed by atoms with E-state index in [2.05, 4.69) is 35.6 Å². The SMILES string of the molecule is C.Nc1ccc(C(=O)N2CCC(Nc3ncc(Cl)c(-c4c[nH]c5ccccc45)n3)CC2)cc1F.Nc1ccc(C(=O)N2CCC(Nc3ncc(Cl)c(-c4cn(S(=O)(=O)c5ccccc5)c5ccccc45)n3)CC2)cc1F. The first kappa shape index (κ1) is 52.7. The second-order valence-corrected chi connectivity index (χ2v) is 20.7. The van der Waals surface area contributed by atoms with E-state index in [9.17, 15) is 26.8 Å². The zero-order valence-electron chi connectivity index (χ0n) is 39.9. The van der Waals surface area contributed by atoms with Crippen molar-refractivity contribution in [1.29, 1.82) is 0 Å². The van der Waals surface area contributed by atoms with E-state index in [1.54, 1.807) is 64.5 Å². The molecule has 21 heteroatoms. The van der Waals surface area contributed by atoms with Crippen molar-refractivity contribution >= 4 is 90.1 Å². The highest BCUT2D eigenvalue weighted by atomic mass is 35.5. The van der Waals surface area contributed by atoms with E-state index in [1.807, 2.05) is 42.6 Å². The molecule has 390 valence electrons. The summed E-state index contributed by atoms with van der Waals surface area (Å²) < 4.78 is 55.9. The number of H-pyrrole nitrogens is 1. The Morgan fingerprint density at radius 3 is 1.63 bits per heavy atom. The lowest BCUT2D eigenvalue weighted by molar-refractivity contribution is 0.0710. The van der Waals surface area contributed by atoms with E-state index >= 15 is 0 Å². The van der Waals surface area contributed by atoms with Crippen LogP contribution in [0.2, 0.25) is 10.0 Å². The Balaban J connectivity index is 0.000000188. The molecule has 2 fully saturated rings. The average Bonchev–Trinajstić information content (AvgIpc) is 4.07. The molecule has 0 aliphatic carbocycles. The van der Waals surface area contributed by atoms with Crippen LogP contribution in [0.1, 0.15) is 53.8 Å². The number of rotatable bonds is 10. The lowest BCUT2D eigenvalue weighted by Crippen LogP contribution is -2.42. The smallest absolute Gasteiger partial charge is 0.268 e. The van der Waals surface area contributed by atoms with Crippen molar-refractivity contribution in [2.24, 2.45) is 0 Å². The number of carbonyl (C=O) groups is 2. The van der Waals surface area contributed by atoms with Crippen molar-refractivity contribution in [3.8, 4) is 22.5 Å². The number of fused-ring (bicyclic) bond motifs is 2. The van der Waals surface area contributed by atoms with Gasteiger partial charge in [-0.15, -0.1) is 0 Å². The summed E-state index contributed by atoms with van der Waals surface area (Å²) in [7, 11) is -3.88. The largest absolute Gasteiger partial charge is 0.396 e. The molecule has 0 spiro atoms. The third kappa shape index (κ3) is 11.0. The van der Waals surface area contributed by atoms with Gasteiger partial charge in [0.2, 0.25) is 11.9 Å². The molecule has 16 nitrogen and oxygen atoms in total. The summed E-state index contributed by atoms with van der Waals surface area (Å²) in [5, 5.41) is 9.15. The van der Waals surface area contributed by atoms with Gasteiger partial charge in [0.15, 0.2) is 0 Å². The zero-order chi connectivity index (χ0) is 52.4. The Hall–Kier alpha value is -8.13. The molecular weight excluding hydrogens is 1030 g/mol. The molecule has 11 rings (SSSR count). The van der Waals surface area contributed by atoms with Crippen LogP contribution in [-0.4, -0.2) is 97.2 Å². The van der Waals surface area contributed by atoms with Crippen LogP contribution in [0.4, 0.5) is 32.1 Å². The molecule has 6 heterocycles. The summed E-state index contributed by atoms with van der Waals surface area (Å²) in [6.45, 7) is 2.03. The monoisotopic (exact) mass is 1080 g/mol. The summed E-state index contributed by atoms with van der Waals surface area (Å²) in [5.41, 5.74) is 15.7. The fraction of sp³-hybridized carbons (Fsp3) is 0.200. The van der Waals surface area contributed by atoms with Crippen LogP contribution >= 0.6 is 23.2 Å². The van der Waals surface area contributed by atoms with Crippen molar-refractivity contribution in [3.63, 3.8) is 0 Å². The number of benzene rings is 5. The number of nitrogens with two attached hydrogens (primary N) is 2. The van der Waals surface area contributed by atoms with Gasteiger partial charge in [0.1, 0.15) is 11.6 Å². The maximum absolute atomic E-state index is 13.9. The molecule has 9 aromatic rings. The van der Waals surface area contributed by atoms with E-state index in [1.165, 1.54) is 40.6 Å². The number of para-hydroxylation sites is 2. The molecule has 2 amide bonds. The molecule has 2 aliphatic rings. The van der Waals surface area contributed by atoms with Gasteiger partial charge in [0.25, 0.3) is 21.8 Å². The van der Waals surface area contributed by atoms with Crippen LogP contribution in [0.15, 0.2) is 145 Å². The van der Waals surface area contributed by atoms with E-state index in [-0.39, 0.29) is 58.2 Å². The Bertz CT molecular complexity index is 3720. The van der Waals surface area contributed by atoms with Crippen molar-refractivity contribution in [1.82, 2.24) is 38.7 Å². The number of amides is 2. The fourth-order valence-electron chi connectivity index (χ4n) is 9.27. The van der Waals surface area contributed by atoms with Gasteiger partial charge in [-0.2, -0.15) is 0 Å². The van der Waals surface area contributed by atoms with Gasteiger partial charge >= 0.3 is 0 Å². The first-order chi connectivity index (χ1) is 36.2. The minimum absolute atomic E-state index is 0. The Morgan fingerprint density at radius 1 is 0.632 bits per heavy atom. The van der Waals surface area contributed by atoms with Crippen LogP contribution in [0.25, 0.3) is 44.3 Å². The van der Waals surface area contributed by atoms with Gasteiger partial charge in [-0.3, -0.25) is 9.59 Å². The summed E-state index contributed by atoms with van der Waals surface area (Å²) in [6, 6.07) is 31.7. The van der Waals surface area contributed by atoms with Crippen molar-refractivity contribution < 1.29 is 26.8 Å². The molecule has 0 atom stereocenters. The van der Waals surface area contributed by atoms with Gasteiger partial charge in [-0.1, -0.05) is 85.2 Å². The molecule has 0 saturated carbocycles. The van der Waals surface area contributed by atoms with Crippen LogP contribution in [0.5, 0.6) is 0 Å². The van der Waals surface area contributed by atoms with Crippen molar-refractivity contribution in [2.75, 3.05) is 48.3 Å². The Kier molecular flexibility index (Phi) is 15.5. The zero-order valence-corrected chi connectivity index (χ0v) is 42.3. The number of aromatic nitrogens is 6. The summed E-state index contributed by atoms with van der Waals surface area (Å²) in [4.78, 5) is 50.4. The molecule has 7 N–H and O–H groups in total. The topological polar surface area (TPSA) is 223 Å². The number of hydrogen-bond donors (Lipinski definition) is 5. The predicted molar refractivity (Wildman–Crippen MR) is 295 cm³/mol. The molecule has 0 radical (unpaired) electrons. The molecule has 0 bridgehead atoms. The highest BCUT2D eigenvalue weighted by Gasteiger charge is 2.28. The molecule has 2 saturated heterocycles. The van der Waals surface area contributed by atoms with Crippen LogP contribution < -0.4 is 22.1 Å². The number of hydrogen-bond acceptors (Lipinski definition) is 12. The number of halogens is 4. The van der Waals surface area contributed by atoms with Gasteiger partial charge in [0, 0.05) is 89.2 Å². The van der Waals surface area contributed by atoms with Gasteiger partial charge in [-0.25, -0.2) is 41.1 Å². The molecule has 0 unspecified atom stereocenters. The number of piperidine rings is 2. The maximum Gasteiger partial charge on any atom is 0.268 e. The van der Waals surface area contributed by atoms with Crippen molar-refractivity contribution in [3.05, 3.63) is 173 Å². The lowest BCUT2D eigenvalue weighted by atomic mass is 10.0. The number of nitrogens with zero attached hydrogens (tertiary/aromatic N) is 7. The lowest BCUT2D eigenvalue weighted by Gasteiger charge is -2.32. The Labute approximate surface area is 447 Å². The van der Waals surface area contributed by atoms with E-state index in [4.69, 9.17) is 34.7 Å². The number of nitrogens with one attached hydrogen (secondary N) is 3. The number of nitrogen functional groups attached to an aromatic ring is 2. The van der Waals surface area contributed by atoms with Crippen molar-refractivity contribution in [2.45, 2.75) is 50.1 Å². The molecular formula is C55H52Cl2F2N12O4S. The van der Waals surface area contributed by atoms with Crippen LogP contribution in [0, 0.1) is 11.6 Å². The Morgan fingerprint density at radius 2 is 1.11 bits per heavy atom. The van der Waals surface area contributed by atoms with Gasteiger partial charge in [0.05, 0.1) is 55.6 Å². The fourth-order valence-corrected chi connectivity index (χ4v) is 11.0. The second kappa shape index (κ2) is 22.4. The third-order valence-corrected chi connectivity index (χ3v) is 15.5. The number of anilines is 4. The van der Waals surface area contributed by atoms with Gasteiger partial charge < -0.3 is 36.9 Å². The quantitative estimate of drug-likeness (QED) is 0.0807.